The maximum Gasteiger partial charge on any atom is 0.225 e. The Balaban J connectivity index is 1.69. The summed E-state index contributed by atoms with van der Waals surface area (Å²) in [5.41, 5.74) is 2.33. The largest absolute Gasteiger partial charge is 0.338 e. The van der Waals surface area contributed by atoms with Gasteiger partial charge < -0.3 is 10.2 Å². The highest BCUT2D eigenvalue weighted by Crippen LogP contribution is 2.21. The van der Waals surface area contributed by atoms with Crippen molar-refractivity contribution in [3.05, 3.63) is 17.5 Å². The average molecular weight is 289 g/mol. The van der Waals surface area contributed by atoms with E-state index in [1.54, 1.807) is 0 Å². The molecule has 0 bridgehead atoms. The molecule has 2 heterocycles. The summed E-state index contributed by atoms with van der Waals surface area (Å²) in [7, 11) is 2.20. The van der Waals surface area contributed by atoms with Crippen LogP contribution in [0, 0.1) is 6.92 Å². The topological polar surface area (TPSA) is 44.3 Å². The van der Waals surface area contributed by atoms with Crippen molar-refractivity contribution in [3.8, 4) is 0 Å². The van der Waals surface area contributed by atoms with E-state index in [2.05, 4.69) is 47.9 Å². The SMILES string of the molecule is Cc1nc(N2CC(C)N(C)C(C)C2)ncc1CNC1CC1. The van der Waals surface area contributed by atoms with Gasteiger partial charge in [0.15, 0.2) is 0 Å². The summed E-state index contributed by atoms with van der Waals surface area (Å²) in [6.07, 6.45) is 4.63. The van der Waals surface area contributed by atoms with Crippen LogP contribution in [0.1, 0.15) is 37.9 Å². The molecule has 1 saturated carbocycles. The van der Waals surface area contributed by atoms with Gasteiger partial charge in [-0.05, 0) is 40.7 Å². The molecule has 2 aliphatic rings. The molecule has 0 amide bonds. The standard InChI is InChI=1S/C16H27N5/c1-11-9-21(10-12(2)20(11)4)16-18-8-14(13(3)19-16)7-17-15-5-6-15/h8,11-12,15,17H,5-7,9-10H2,1-4H3. The van der Waals surface area contributed by atoms with Crippen molar-refractivity contribution < 1.29 is 0 Å². The first-order valence-corrected chi connectivity index (χ1v) is 8.07. The molecule has 1 aromatic heterocycles. The van der Waals surface area contributed by atoms with Crippen LogP contribution >= 0.6 is 0 Å². The van der Waals surface area contributed by atoms with Gasteiger partial charge in [0.2, 0.25) is 5.95 Å². The van der Waals surface area contributed by atoms with Gasteiger partial charge in [0.1, 0.15) is 0 Å². The number of nitrogens with one attached hydrogen (secondary N) is 1. The molecule has 2 fully saturated rings. The van der Waals surface area contributed by atoms with Gasteiger partial charge in [-0.3, -0.25) is 4.90 Å². The Morgan fingerprint density at radius 3 is 2.48 bits per heavy atom. The molecular weight excluding hydrogens is 262 g/mol. The van der Waals surface area contributed by atoms with Crippen LogP contribution in [0.4, 0.5) is 5.95 Å². The molecule has 0 aromatic carbocycles. The fourth-order valence-corrected chi connectivity index (χ4v) is 2.92. The zero-order valence-corrected chi connectivity index (χ0v) is 13.6. The molecule has 2 unspecified atom stereocenters. The summed E-state index contributed by atoms with van der Waals surface area (Å²) >= 11 is 0. The lowest BCUT2D eigenvalue weighted by Gasteiger charge is -2.42. The number of rotatable bonds is 4. The van der Waals surface area contributed by atoms with Gasteiger partial charge >= 0.3 is 0 Å². The van der Waals surface area contributed by atoms with E-state index < -0.39 is 0 Å². The normalized spacial score (nSPS) is 27.1. The second kappa shape index (κ2) is 5.89. The van der Waals surface area contributed by atoms with E-state index in [-0.39, 0.29) is 0 Å². The maximum absolute atomic E-state index is 4.75. The minimum absolute atomic E-state index is 0.536. The Bertz CT molecular complexity index is 487. The first kappa shape index (κ1) is 14.7. The van der Waals surface area contributed by atoms with Gasteiger partial charge in [0.05, 0.1) is 0 Å². The van der Waals surface area contributed by atoms with Gasteiger partial charge in [0, 0.05) is 55.2 Å². The van der Waals surface area contributed by atoms with Crippen LogP contribution in [0.2, 0.25) is 0 Å². The Labute approximate surface area is 127 Å². The summed E-state index contributed by atoms with van der Waals surface area (Å²) in [6, 6.07) is 1.80. The van der Waals surface area contributed by atoms with Crippen LogP contribution in [-0.4, -0.2) is 53.1 Å². The number of aryl methyl sites for hydroxylation is 1. The lowest BCUT2D eigenvalue weighted by Crippen LogP contribution is -2.55. The van der Waals surface area contributed by atoms with E-state index in [9.17, 15) is 0 Å². The molecular formula is C16H27N5. The van der Waals surface area contributed by atoms with Crippen molar-refractivity contribution >= 4 is 5.95 Å². The molecule has 0 radical (unpaired) electrons. The monoisotopic (exact) mass is 289 g/mol. The highest BCUT2D eigenvalue weighted by molar-refractivity contribution is 5.34. The minimum Gasteiger partial charge on any atom is -0.338 e. The Morgan fingerprint density at radius 2 is 1.90 bits per heavy atom. The fraction of sp³-hybridized carbons (Fsp3) is 0.750. The van der Waals surface area contributed by atoms with Crippen LogP contribution in [-0.2, 0) is 6.54 Å². The number of likely N-dealkylation sites (N-methyl/N-ethyl adjacent to an activating group) is 1. The molecule has 1 saturated heterocycles. The predicted molar refractivity (Wildman–Crippen MR) is 85.5 cm³/mol. The summed E-state index contributed by atoms with van der Waals surface area (Å²) < 4.78 is 0. The van der Waals surface area contributed by atoms with E-state index in [4.69, 9.17) is 4.98 Å². The van der Waals surface area contributed by atoms with Crippen molar-refractivity contribution in [3.63, 3.8) is 0 Å². The lowest BCUT2D eigenvalue weighted by atomic mass is 10.1. The van der Waals surface area contributed by atoms with Crippen LogP contribution in [0.25, 0.3) is 0 Å². The van der Waals surface area contributed by atoms with E-state index in [0.717, 1.165) is 37.3 Å². The molecule has 116 valence electrons. The van der Waals surface area contributed by atoms with Crippen LogP contribution in [0.5, 0.6) is 0 Å². The number of aromatic nitrogens is 2. The number of piperazine rings is 1. The average Bonchev–Trinajstić information content (AvgIpc) is 3.27. The van der Waals surface area contributed by atoms with Crippen molar-refractivity contribution in [1.82, 2.24) is 20.2 Å². The molecule has 0 spiro atoms. The third-order valence-electron chi connectivity index (χ3n) is 4.87. The van der Waals surface area contributed by atoms with Crippen molar-refractivity contribution in [2.24, 2.45) is 0 Å². The summed E-state index contributed by atoms with van der Waals surface area (Å²) in [5.74, 6) is 0.884. The van der Waals surface area contributed by atoms with Crippen molar-refractivity contribution in [2.45, 2.75) is 58.3 Å². The van der Waals surface area contributed by atoms with Gasteiger partial charge in [-0.15, -0.1) is 0 Å². The highest BCUT2D eigenvalue weighted by Gasteiger charge is 2.28. The molecule has 5 heteroatoms. The number of hydrogen-bond donors (Lipinski definition) is 1. The Hall–Kier alpha value is -1.20. The third kappa shape index (κ3) is 3.35. The first-order valence-electron chi connectivity index (χ1n) is 8.07. The molecule has 1 aliphatic carbocycles. The van der Waals surface area contributed by atoms with Crippen molar-refractivity contribution in [2.75, 3.05) is 25.0 Å². The van der Waals surface area contributed by atoms with Gasteiger partial charge in [-0.1, -0.05) is 0 Å². The van der Waals surface area contributed by atoms with E-state index >= 15 is 0 Å². The van der Waals surface area contributed by atoms with Crippen LogP contribution in [0.15, 0.2) is 6.20 Å². The molecule has 1 aliphatic heterocycles. The maximum atomic E-state index is 4.75. The van der Waals surface area contributed by atoms with E-state index in [1.165, 1.54) is 18.4 Å². The number of nitrogens with zero attached hydrogens (tertiary/aromatic N) is 4. The van der Waals surface area contributed by atoms with Crippen LogP contribution < -0.4 is 10.2 Å². The Morgan fingerprint density at radius 1 is 1.24 bits per heavy atom. The second-order valence-electron chi connectivity index (χ2n) is 6.70. The fourth-order valence-electron chi connectivity index (χ4n) is 2.92. The molecule has 1 N–H and O–H groups in total. The Kier molecular flexibility index (Phi) is 4.13. The first-order chi connectivity index (χ1) is 10.0. The van der Waals surface area contributed by atoms with Gasteiger partial charge in [0.25, 0.3) is 0 Å². The molecule has 3 rings (SSSR count). The highest BCUT2D eigenvalue weighted by atomic mass is 15.3. The van der Waals surface area contributed by atoms with E-state index in [1.807, 2.05) is 6.20 Å². The molecule has 2 atom stereocenters. The smallest absolute Gasteiger partial charge is 0.225 e. The number of anilines is 1. The summed E-state index contributed by atoms with van der Waals surface area (Å²) in [5, 5.41) is 3.53. The number of hydrogen-bond acceptors (Lipinski definition) is 5. The van der Waals surface area contributed by atoms with Crippen molar-refractivity contribution in [1.29, 1.82) is 0 Å². The molecule has 5 nitrogen and oxygen atoms in total. The molecule has 1 aromatic rings. The van der Waals surface area contributed by atoms with E-state index in [0.29, 0.717) is 12.1 Å². The van der Waals surface area contributed by atoms with Crippen LogP contribution in [0.3, 0.4) is 0 Å². The molecule has 21 heavy (non-hydrogen) atoms. The zero-order valence-electron chi connectivity index (χ0n) is 13.6. The minimum atomic E-state index is 0.536. The van der Waals surface area contributed by atoms with Gasteiger partial charge in [-0.25, -0.2) is 9.97 Å². The zero-order chi connectivity index (χ0) is 15.0. The second-order valence-corrected chi connectivity index (χ2v) is 6.70. The summed E-state index contributed by atoms with van der Waals surface area (Å²) in [4.78, 5) is 14.1. The predicted octanol–water partition coefficient (Wildman–Crippen LogP) is 1.57. The third-order valence-corrected chi connectivity index (χ3v) is 4.87. The quantitative estimate of drug-likeness (QED) is 0.911. The lowest BCUT2D eigenvalue weighted by molar-refractivity contribution is 0.169. The van der Waals surface area contributed by atoms with Gasteiger partial charge in [-0.2, -0.15) is 0 Å². The summed E-state index contributed by atoms with van der Waals surface area (Å²) in [6.45, 7) is 9.52.